The highest BCUT2D eigenvalue weighted by Gasteiger charge is 2.24. The van der Waals surface area contributed by atoms with Crippen molar-refractivity contribution in [3.63, 3.8) is 0 Å². The minimum atomic E-state index is -3.67. The van der Waals surface area contributed by atoms with Gasteiger partial charge in [-0.2, -0.15) is 11.8 Å². The summed E-state index contributed by atoms with van der Waals surface area (Å²) in [6.07, 6.45) is 5.67. The molecule has 8 heteroatoms. The van der Waals surface area contributed by atoms with Crippen LogP contribution in [0.2, 0.25) is 0 Å². The van der Waals surface area contributed by atoms with Crippen LogP contribution in [0, 0.1) is 0 Å². The zero-order chi connectivity index (χ0) is 16.9. The Morgan fingerprint density at radius 2 is 2.22 bits per heavy atom. The van der Waals surface area contributed by atoms with E-state index >= 15 is 0 Å². The summed E-state index contributed by atoms with van der Waals surface area (Å²) in [6, 6.07) is 7.05. The van der Waals surface area contributed by atoms with Crippen molar-refractivity contribution < 1.29 is 8.42 Å². The van der Waals surface area contributed by atoms with Gasteiger partial charge in [-0.3, -0.25) is 4.99 Å². The average molecular weight is 357 g/mol. The number of benzene rings is 1. The van der Waals surface area contributed by atoms with E-state index in [-0.39, 0.29) is 4.90 Å². The van der Waals surface area contributed by atoms with E-state index in [0.717, 1.165) is 29.6 Å². The molecule has 2 unspecified atom stereocenters. The van der Waals surface area contributed by atoms with Gasteiger partial charge in [0.05, 0.1) is 4.90 Å². The summed E-state index contributed by atoms with van der Waals surface area (Å²) >= 11 is 1.92. The first-order valence-corrected chi connectivity index (χ1v) is 10.4. The lowest BCUT2D eigenvalue weighted by Crippen LogP contribution is -2.42. The second kappa shape index (κ2) is 8.03. The van der Waals surface area contributed by atoms with Gasteiger partial charge >= 0.3 is 0 Å². The minimum Gasteiger partial charge on any atom is -0.354 e. The van der Waals surface area contributed by atoms with E-state index in [4.69, 9.17) is 5.14 Å². The van der Waals surface area contributed by atoms with E-state index < -0.39 is 10.0 Å². The van der Waals surface area contributed by atoms with Crippen LogP contribution in [0.25, 0.3) is 0 Å². The summed E-state index contributed by atoms with van der Waals surface area (Å²) in [5.41, 5.74) is 0.841. The normalized spacial score (nSPS) is 22.1. The van der Waals surface area contributed by atoms with Crippen molar-refractivity contribution in [3.8, 4) is 0 Å². The van der Waals surface area contributed by atoms with Crippen molar-refractivity contribution in [1.29, 1.82) is 0 Å². The molecule has 4 N–H and O–H groups in total. The van der Waals surface area contributed by atoms with Crippen LogP contribution < -0.4 is 15.8 Å². The van der Waals surface area contributed by atoms with Gasteiger partial charge in [-0.15, -0.1) is 0 Å². The zero-order valence-electron chi connectivity index (χ0n) is 13.5. The fraction of sp³-hybridized carbons (Fsp3) is 0.533. The molecule has 1 aliphatic carbocycles. The lowest BCUT2D eigenvalue weighted by molar-refractivity contribution is 0.597. The molecule has 0 spiro atoms. The number of hydrogen-bond acceptors (Lipinski definition) is 4. The van der Waals surface area contributed by atoms with Crippen LogP contribution >= 0.6 is 11.8 Å². The highest BCUT2D eigenvalue weighted by atomic mass is 32.2. The van der Waals surface area contributed by atoms with Gasteiger partial charge < -0.3 is 10.6 Å². The molecule has 1 aromatic carbocycles. The number of nitrogens with two attached hydrogens (primary N) is 1. The van der Waals surface area contributed by atoms with E-state index in [2.05, 4.69) is 21.9 Å². The molecule has 0 aromatic heterocycles. The van der Waals surface area contributed by atoms with Crippen molar-refractivity contribution >= 4 is 27.7 Å². The molecule has 0 heterocycles. The molecular formula is C15H24N4O2S2. The molecule has 2 rings (SSSR count). The van der Waals surface area contributed by atoms with Crippen LogP contribution in [0.3, 0.4) is 0 Å². The van der Waals surface area contributed by atoms with E-state index in [1.807, 2.05) is 17.8 Å². The summed E-state index contributed by atoms with van der Waals surface area (Å²) < 4.78 is 22.8. The minimum absolute atomic E-state index is 0.123. The number of aliphatic imine (C=N–C) groups is 1. The van der Waals surface area contributed by atoms with Crippen molar-refractivity contribution in [1.82, 2.24) is 10.6 Å². The summed E-state index contributed by atoms with van der Waals surface area (Å²) in [5, 5.41) is 12.5. The Balaban J connectivity index is 1.91. The SMILES string of the molecule is CN=C(NCc1cccc(S(N)(=O)=O)c1)NC1CCC(SC)C1. The summed E-state index contributed by atoms with van der Waals surface area (Å²) in [4.78, 5) is 4.36. The molecule has 6 nitrogen and oxygen atoms in total. The molecule has 0 bridgehead atoms. The predicted octanol–water partition coefficient (Wildman–Crippen LogP) is 1.28. The Kier molecular flexibility index (Phi) is 6.32. The molecular weight excluding hydrogens is 332 g/mol. The second-order valence-corrected chi connectivity index (χ2v) is 8.33. The highest BCUT2D eigenvalue weighted by molar-refractivity contribution is 7.99. The number of thioether (sulfide) groups is 1. The Hall–Kier alpha value is -1.25. The number of primary sulfonamides is 1. The Morgan fingerprint density at radius 3 is 2.83 bits per heavy atom. The highest BCUT2D eigenvalue weighted by Crippen LogP contribution is 2.28. The van der Waals surface area contributed by atoms with Crippen LogP contribution in [0.15, 0.2) is 34.2 Å². The Labute approximate surface area is 142 Å². The maximum atomic E-state index is 11.4. The molecule has 0 saturated heterocycles. The molecule has 128 valence electrons. The van der Waals surface area contributed by atoms with Gasteiger partial charge in [0, 0.05) is 24.9 Å². The Morgan fingerprint density at radius 1 is 1.43 bits per heavy atom. The lowest BCUT2D eigenvalue weighted by atomic mass is 10.2. The van der Waals surface area contributed by atoms with Gasteiger partial charge in [-0.25, -0.2) is 13.6 Å². The molecule has 0 radical (unpaired) electrons. The quantitative estimate of drug-likeness (QED) is 0.545. The van der Waals surface area contributed by atoms with Crippen molar-refractivity contribution in [2.75, 3.05) is 13.3 Å². The molecule has 2 atom stereocenters. The van der Waals surface area contributed by atoms with E-state index in [9.17, 15) is 8.42 Å². The van der Waals surface area contributed by atoms with E-state index in [0.29, 0.717) is 12.6 Å². The van der Waals surface area contributed by atoms with Gasteiger partial charge in [0.1, 0.15) is 0 Å². The number of nitrogens with zero attached hydrogens (tertiary/aromatic N) is 1. The summed E-state index contributed by atoms with van der Waals surface area (Å²) in [7, 11) is -1.94. The van der Waals surface area contributed by atoms with Gasteiger partial charge in [0.15, 0.2) is 5.96 Å². The van der Waals surface area contributed by atoms with Crippen molar-refractivity contribution in [2.45, 2.75) is 42.0 Å². The molecule has 1 fully saturated rings. The standard InChI is InChI=1S/C15H24N4O2S2/c1-17-15(19-12-6-7-13(9-12)22-2)18-10-11-4-3-5-14(8-11)23(16,20)21/h3-5,8,12-13H,6-7,9-10H2,1-2H3,(H2,16,20,21)(H2,17,18,19). The van der Waals surface area contributed by atoms with Crippen molar-refractivity contribution in [2.24, 2.45) is 10.1 Å². The van der Waals surface area contributed by atoms with Crippen LogP contribution in [-0.4, -0.2) is 39.0 Å². The fourth-order valence-electron chi connectivity index (χ4n) is 2.69. The summed E-state index contributed by atoms with van der Waals surface area (Å²) in [5.74, 6) is 0.734. The topological polar surface area (TPSA) is 96.6 Å². The van der Waals surface area contributed by atoms with Crippen molar-refractivity contribution in [3.05, 3.63) is 29.8 Å². The second-order valence-electron chi connectivity index (χ2n) is 5.63. The van der Waals surface area contributed by atoms with Gasteiger partial charge in [0.25, 0.3) is 0 Å². The summed E-state index contributed by atoms with van der Waals surface area (Å²) in [6.45, 7) is 0.488. The Bertz CT molecular complexity index is 661. The molecule has 1 saturated carbocycles. The first-order valence-electron chi connectivity index (χ1n) is 7.54. The third-order valence-electron chi connectivity index (χ3n) is 3.97. The number of nitrogens with one attached hydrogen (secondary N) is 2. The van der Waals surface area contributed by atoms with Crippen LogP contribution in [0.4, 0.5) is 0 Å². The maximum Gasteiger partial charge on any atom is 0.238 e. The zero-order valence-corrected chi connectivity index (χ0v) is 15.1. The van der Waals surface area contributed by atoms with Gasteiger partial charge in [-0.1, -0.05) is 12.1 Å². The molecule has 0 amide bonds. The molecule has 0 aliphatic heterocycles. The van der Waals surface area contributed by atoms with Gasteiger partial charge in [-0.05, 0) is 43.2 Å². The lowest BCUT2D eigenvalue weighted by Gasteiger charge is -2.17. The first-order chi connectivity index (χ1) is 10.9. The third-order valence-corrected chi connectivity index (χ3v) is 5.98. The third kappa shape index (κ3) is 5.40. The molecule has 1 aliphatic rings. The maximum absolute atomic E-state index is 11.4. The van der Waals surface area contributed by atoms with Gasteiger partial charge in [0.2, 0.25) is 10.0 Å². The van der Waals surface area contributed by atoms with Crippen LogP contribution in [-0.2, 0) is 16.6 Å². The average Bonchev–Trinajstić information content (AvgIpc) is 2.98. The largest absolute Gasteiger partial charge is 0.354 e. The van der Waals surface area contributed by atoms with Crippen LogP contribution in [0.1, 0.15) is 24.8 Å². The smallest absolute Gasteiger partial charge is 0.238 e. The van der Waals surface area contributed by atoms with Crippen LogP contribution in [0.5, 0.6) is 0 Å². The molecule has 23 heavy (non-hydrogen) atoms. The molecule has 1 aromatic rings. The number of rotatable bonds is 5. The number of hydrogen-bond donors (Lipinski definition) is 3. The first kappa shape index (κ1) is 18.1. The van der Waals surface area contributed by atoms with E-state index in [1.165, 1.54) is 12.5 Å². The predicted molar refractivity (Wildman–Crippen MR) is 96.1 cm³/mol. The van der Waals surface area contributed by atoms with E-state index in [1.54, 1.807) is 19.2 Å². The number of guanidine groups is 1. The monoisotopic (exact) mass is 356 g/mol. The fourth-order valence-corrected chi connectivity index (χ4v) is 4.07. The number of sulfonamides is 1.